The number of aromatic nitrogens is 1. The monoisotopic (exact) mass is 245 g/mol. The molecule has 2 nitrogen and oxygen atoms in total. The van der Waals surface area contributed by atoms with Gasteiger partial charge in [0.15, 0.2) is 0 Å². The summed E-state index contributed by atoms with van der Waals surface area (Å²) < 4.78 is 56.5. The molecular weight excluding hydrogens is 238 g/mol. The molecule has 6 heteroatoms. The van der Waals surface area contributed by atoms with Crippen LogP contribution in [0.5, 0.6) is 0 Å². The van der Waals surface area contributed by atoms with Gasteiger partial charge in [-0.15, -0.1) is 0 Å². The minimum Gasteiger partial charge on any atom is -0.441 e. The van der Waals surface area contributed by atoms with Crippen LogP contribution >= 0.6 is 0 Å². The first-order valence-corrected chi connectivity index (χ1v) is 4.68. The molecule has 0 N–H and O–H groups in total. The Hall–Kier alpha value is -1.85. The van der Waals surface area contributed by atoms with Gasteiger partial charge in [-0.1, -0.05) is 6.07 Å². The van der Waals surface area contributed by atoms with Gasteiger partial charge >= 0.3 is 6.18 Å². The lowest BCUT2D eigenvalue weighted by Crippen LogP contribution is -2.08. The van der Waals surface area contributed by atoms with Gasteiger partial charge in [-0.2, -0.15) is 13.2 Å². The van der Waals surface area contributed by atoms with Crippen molar-refractivity contribution in [1.29, 1.82) is 0 Å². The maximum atomic E-state index is 13.5. The fraction of sp³-hybridized carbons (Fsp3) is 0.182. The lowest BCUT2D eigenvalue weighted by atomic mass is 10.1. The van der Waals surface area contributed by atoms with Crippen molar-refractivity contribution in [2.45, 2.75) is 13.1 Å². The number of oxazole rings is 1. The summed E-state index contributed by atoms with van der Waals surface area (Å²) in [5, 5.41) is 0. The first kappa shape index (κ1) is 11.6. The van der Waals surface area contributed by atoms with E-state index in [4.69, 9.17) is 4.42 Å². The Labute approximate surface area is 93.9 Å². The van der Waals surface area contributed by atoms with E-state index in [2.05, 4.69) is 4.98 Å². The third kappa shape index (κ3) is 2.15. The van der Waals surface area contributed by atoms with Crippen LogP contribution in [-0.4, -0.2) is 4.98 Å². The Bertz CT molecular complexity index is 545. The predicted octanol–water partition coefficient (Wildman–Crippen LogP) is 3.81. The second-order valence-corrected chi connectivity index (χ2v) is 3.44. The zero-order valence-corrected chi connectivity index (χ0v) is 8.68. The molecular formula is C11H7F4NO. The van der Waals surface area contributed by atoms with Crippen LogP contribution in [0.3, 0.4) is 0 Å². The van der Waals surface area contributed by atoms with Gasteiger partial charge < -0.3 is 4.42 Å². The van der Waals surface area contributed by atoms with Crippen LogP contribution in [0.15, 0.2) is 28.8 Å². The van der Waals surface area contributed by atoms with E-state index in [0.717, 1.165) is 18.2 Å². The van der Waals surface area contributed by atoms with Gasteiger partial charge in [0.05, 0.1) is 17.3 Å². The van der Waals surface area contributed by atoms with Crippen LogP contribution < -0.4 is 0 Å². The molecule has 1 aromatic heterocycles. The van der Waals surface area contributed by atoms with Gasteiger partial charge in [0.25, 0.3) is 0 Å². The minimum atomic E-state index is -4.65. The van der Waals surface area contributed by atoms with Crippen molar-refractivity contribution < 1.29 is 22.0 Å². The van der Waals surface area contributed by atoms with Crippen LogP contribution in [0.4, 0.5) is 17.6 Å². The molecule has 1 aromatic carbocycles. The first-order valence-electron chi connectivity index (χ1n) is 4.68. The largest absolute Gasteiger partial charge is 0.441 e. The molecule has 17 heavy (non-hydrogen) atoms. The summed E-state index contributed by atoms with van der Waals surface area (Å²) in [7, 11) is 0. The van der Waals surface area contributed by atoms with Gasteiger partial charge in [-0.05, 0) is 19.1 Å². The Balaban J connectivity index is 2.67. The molecule has 0 spiro atoms. The van der Waals surface area contributed by atoms with Crippen LogP contribution in [0.2, 0.25) is 0 Å². The second kappa shape index (κ2) is 3.87. The average molecular weight is 245 g/mol. The Morgan fingerprint density at radius 2 is 1.94 bits per heavy atom. The molecule has 1 heterocycles. The maximum Gasteiger partial charge on any atom is 0.417 e. The fourth-order valence-corrected chi connectivity index (χ4v) is 1.45. The zero-order valence-electron chi connectivity index (χ0n) is 8.68. The van der Waals surface area contributed by atoms with E-state index in [1.165, 1.54) is 13.1 Å². The number of aryl methyl sites for hydroxylation is 1. The minimum absolute atomic E-state index is 0.316. The van der Waals surface area contributed by atoms with Crippen LogP contribution in [0.25, 0.3) is 11.5 Å². The normalized spacial score (nSPS) is 11.8. The Morgan fingerprint density at radius 1 is 1.24 bits per heavy atom. The summed E-state index contributed by atoms with van der Waals surface area (Å²) in [6, 6.07) is 2.72. The highest BCUT2D eigenvalue weighted by molar-refractivity contribution is 5.60. The zero-order chi connectivity index (χ0) is 12.6. The third-order valence-electron chi connectivity index (χ3n) is 2.15. The van der Waals surface area contributed by atoms with Gasteiger partial charge in [0, 0.05) is 0 Å². The van der Waals surface area contributed by atoms with E-state index in [1.807, 2.05) is 0 Å². The van der Waals surface area contributed by atoms with E-state index in [-0.39, 0.29) is 5.89 Å². The van der Waals surface area contributed by atoms with Crippen molar-refractivity contribution in [3.63, 3.8) is 0 Å². The highest BCUT2D eigenvalue weighted by Crippen LogP contribution is 2.38. The van der Waals surface area contributed by atoms with E-state index < -0.39 is 23.1 Å². The summed E-state index contributed by atoms with van der Waals surface area (Å²) in [4.78, 5) is 3.61. The molecule has 0 unspecified atom stereocenters. The van der Waals surface area contributed by atoms with Crippen molar-refractivity contribution >= 4 is 0 Å². The summed E-state index contributed by atoms with van der Waals surface area (Å²) in [5.74, 6) is -1.06. The molecule has 0 bridgehead atoms. The van der Waals surface area contributed by atoms with Gasteiger partial charge in [-0.3, -0.25) is 0 Å². The Kier molecular flexibility index (Phi) is 2.65. The third-order valence-corrected chi connectivity index (χ3v) is 2.15. The lowest BCUT2D eigenvalue weighted by molar-refractivity contribution is -0.137. The standard InChI is InChI=1S/C11H7F4NO/c1-6-5-16-10(17-6)9-7(11(13,14)15)3-2-4-8(9)12/h2-5H,1H3. The van der Waals surface area contributed by atoms with Crippen molar-refractivity contribution in [3.05, 3.63) is 41.5 Å². The SMILES string of the molecule is Cc1cnc(-c2c(F)cccc2C(F)(F)F)o1. The average Bonchev–Trinajstić information content (AvgIpc) is 2.63. The molecule has 2 aromatic rings. The van der Waals surface area contributed by atoms with Gasteiger partial charge in [-0.25, -0.2) is 9.37 Å². The van der Waals surface area contributed by atoms with E-state index in [1.54, 1.807) is 0 Å². The molecule has 0 aliphatic heterocycles. The molecule has 0 amide bonds. The predicted molar refractivity (Wildman–Crippen MR) is 51.6 cm³/mol. The maximum absolute atomic E-state index is 13.5. The van der Waals surface area contributed by atoms with Gasteiger partial charge in [0.2, 0.25) is 5.89 Å². The van der Waals surface area contributed by atoms with E-state index in [0.29, 0.717) is 5.76 Å². The van der Waals surface area contributed by atoms with E-state index in [9.17, 15) is 17.6 Å². The molecule has 0 atom stereocenters. The molecule has 2 rings (SSSR count). The second-order valence-electron chi connectivity index (χ2n) is 3.44. The molecule has 0 saturated carbocycles. The fourth-order valence-electron chi connectivity index (χ4n) is 1.45. The number of halogens is 4. The van der Waals surface area contributed by atoms with E-state index >= 15 is 0 Å². The quantitative estimate of drug-likeness (QED) is 0.714. The summed E-state index contributed by atoms with van der Waals surface area (Å²) in [6.07, 6.45) is -3.41. The highest BCUT2D eigenvalue weighted by atomic mass is 19.4. The molecule has 0 aliphatic rings. The number of hydrogen-bond donors (Lipinski definition) is 0. The van der Waals surface area contributed by atoms with Crippen molar-refractivity contribution in [2.75, 3.05) is 0 Å². The van der Waals surface area contributed by atoms with Crippen LogP contribution in [0.1, 0.15) is 11.3 Å². The number of rotatable bonds is 1. The topological polar surface area (TPSA) is 26.0 Å². The molecule has 90 valence electrons. The highest BCUT2D eigenvalue weighted by Gasteiger charge is 2.36. The molecule has 0 radical (unpaired) electrons. The molecule has 0 fully saturated rings. The van der Waals surface area contributed by atoms with Crippen molar-refractivity contribution in [3.8, 4) is 11.5 Å². The smallest absolute Gasteiger partial charge is 0.417 e. The van der Waals surface area contributed by atoms with Crippen LogP contribution in [-0.2, 0) is 6.18 Å². The number of hydrogen-bond acceptors (Lipinski definition) is 2. The van der Waals surface area contributed by atoms with Gasteiger partial charge in [0.1, 0.15) is 11.6 Å². The van der Waals surface area contributed by atoms with Crippen LogP contribution in [0, 0.1) is 12.7 Å². The van der Waals surface area contributed by atoms with Crippen molar-refractivity contribution in [2.24, 2.45) is 0 Å². The summed E-state index contributed by atoms with van der Waals surface area (Å²) >= 11 is 0. The first-order chi connectivity index (χ1) is 7.89. The molecule has 0 aliphatic carbocycles. The molecule has 0 saturated heterocycles. The number of benzene rings is 1. The lowest BCUT2D eigenvalue weighted by Gasteiger charge is -2.10. The summed E-state index contributed by atoms with van der Waals surface area (Å²) in [6.45, 7) is 1.52. The number of alkyl halides is 3. The van der Waals surface area contributed by atoms with Crippen molar-refractivity contribution in [1.82, 2.24) is 4.98 Å². The Morgan fingerprint density at radius 3 is 2.47 bits per heavy atom. The number of nitrogens with zero attached hydrogens (tertiary/aromatic N) is 1. The summed E-state index contributed by atoms with van der Waals surface area (Å²) in [5.41, 5.74) is -1.76.